The van der Waals surface area contributed by atoms with Gasteiger partial charge >= 0.3 is 11.9 Å². The van der Waals surface area contributed by atoms with Crippen LogP contribution >= 0.6 is 23.2 Å². The minimum Gasteiger partial charge on any atom is -0.426 e. The first-order valence-corrected chi connectivity index (χ1v) is 17.7. The van der Waals surface area contributed by atoms with E-state index >= 15 is 0 Å². The van der Waals surface area contributed by atoms with Crippen LogP contribution in [0.1, 0.15) is 62.5 Å². The van der Waals surface area contributed by atoms with Crippen LogP contribution in [0.4, 0.5) is 11.4 Å². The van der Waals surface area contributed by atoms with Crippen LogP contribution in [-0.4, -0.2) is 59.7 Å². The van der Waals surface area contributed by atoms with Gasteiger partial charge in [0.25, 0.3) is 0 Å². The smallest absolute Gasteiger partial charge is 0.308 e. The zero-order valence-electron chi connectivity index (χ0n) is 27.2. The van der Waals surface area contributed by atoms with E-state index in [2.05, 4.69) is 5.32 Å². The highest BCUT2D eigenvalue weighted by atomic mass is 35.5. The first-order chi connectivity index (χ1) is 23.6. The number of fused-ring (bicyclic) bond motifs is 8. The Kier molecular flexibility index (Phi) is 7.66. The van der Waals surface area contributed by atoms with E-state index < -0.39 is 23.0 Å². The number of rotatable bonds is 6. The molecule has 0 saturated carbocycles. The summed E-state index contributed by atoms with van der Waals surface area (Å²) in [5, 5.41) is 6.95. The fraction of sp³-hybridized carbons (Fsp3) is 0.368. The summed E-state index contributed by atoms with van der Waals surface area (Å²) in [6.45, 7) is 3.49. The zero-order chi connectivity index (χ0) is 34.2. The predicted molar refractivity (Wildman–Crippen MR) is 189 cm³/mol. The summed E-state index contributed by atoms with van der Waals surface area (Å²) in [5.74, 6) is 0.0791. The van der Waals surface area contributed by atoms with Gasteiger partial charge in [0.1, 0.15) is 11.5 Å². The molecule has 2 bridgehead atoms. The van der Waals surface area contributed by atoms with E-state index in [0.29, 0.717) is 73.4 Å². The predicted octanol–water partition coefficient (Wildman–Crippen LogP) is 6.54. The standard InChI is InChI=1S/C38H35Cl2N3O6/c1-21(44)48-31-15-29-33(27-9-5-3-7-25(27)31)23(17-39)19-42(29)35(46)37-11-13-38(41-37,14-12-37)36(47)43-20-24(18-40)34-28-10-6-4-8-26(28)32(16-30(34)43)49-22(2)45/h3-10,15-16,23-24,41H,11-14,17-20H2,1-2H3/t23-,24?,37?,38?/m1/s1. The van der Waals surface area contributed by atoms with Crippen LogP contribution in [-0.2, 0) is 19.2 Å². The number of carbonyl (C=O) groups excluding carboxylic acids is 4. The molecule has 252 valence electrons. The lowest BCUT2D eigenvalue weighted by Gasteiger charge is -2.31. The number of anilines is 2. The first-order valence-electron chi connectivity index (χ1n) is 16.6. The third kappa shape index (κ3) is 4.84. The van der Waals surface area contributed by atoms with Gasteiger partial charge in [-0.2, -0.15) is 0 Å². The van der Waals surface area contributed by atoms with E-state index in [1.165, 1.54) is 13.8 Å². The molecule has 8 rings (SSSR count). The molecule has 11 heteroatoms. The summed E-state index contributed by atoms with van der Waals surface area (Å²) >= 11 is 13.0. The Labute approximate surface area is 293 Å². The molecule has 4 aromatic carbocycles. The van der Waals surface area contributed by atoms with Crippen molar-refractivity contribution in [2.24, 2.45) is 0 Å². The molecule has 1 N–H and O–H groups in total. The number of halogens is 2. The Bertz CT molecular complexity index is 1940. The third-order valence-electron chi connectivity index (χ3n) is 10.9. The molecule has 4 aromatic rings. The second-order valence-corrected chi connectivity index (χ2v) is 14.3. The second-order valence-electron chi connectivity index (χ2n) is 13.7. The van der Waals surface area contributed by atoms with Crippen LogP contribution < -0.4 is 24.6 Å². The van der Waals surface area contributed by atoms with Gasteiger partial charge in [-0.3, -0.25) is 24.5 Å². The number of benzene rings is 4. The van der Waals surface area contributed by atoms with Gasteiger partial charge in [-0.05, 0) is 47.6 Å². The van der Waals surface area contributed by atoms with Gasteiger partial charge in [-0.15, -0.1) is 23.2 Å². The maximum atomic E-state index is 14.7. The fourth-order valence-electron chi connectivity index (χ4n) is 8.80. The molecule has 2 atom stereocenters. The largest absolute Gasteiger partial charge is 0.426 e. The van der Waals surface area contributed by atoms with Gasteiger partial charge < -0.3 is 19.3 Å². The van der Waals surface area contributed by atoms with Crippen LogP contribution in [0.5, 0.6) is 11.5 Å². The summed E-state index contributed by atoms with van der Waals surface area (Å²) in [6, 6.07) is 18.9. The SMILES string of the molecule is CC(=O)Oc1cc2c(c3ccccc13)C(CCl)CN2C(=O)C12CCC(C(=O)N3C[C@@H](CCl)c4c3cc(OC(C)=O)c3ccccc43)(CC1)N2. The maximum absolute atomic E-state index is 14.7. The molecular weight excluding hydrogens is 665 g/mol. The average Bonchev–Trinajstić information content (AvgIpc) is 3.87. The number of carbonyl (C=O) groups is 4. The van der Waals surface area contributed by atoms with Crippen LogP contribution in [0.3, 0.4) is 0 Å². The quantitative estimate of drug-likeness (QED) is 0.139. The molecule has 2 fully saturated rings. The monoisotopic (exact) mass is 699 g/mol. The van der Waals surface area contributed by atoms with E-state index in [1.54, 1.807) is 21.9 Å². The molecular formula is C38H35Cl2N3O6. The molecule has 0 aromatic heterocycles. The van der Waals surface area contributed by atoms with E-state index in [1.807, 2.05) is 48.5 Å². The minimum atomic E-state index is -0.942. The van der Waals surface area contributed by atoms with Crippen LogP contribution in [0.25, 0.3) is 21.5 Å². The summed E-state index contributed by atoms with van der Waals surface area (Å²) in [6.07, 6.45) is 1.98. The number of hydrogen-bond donors (Lipinski definition) is 1. The Balaban J connectivity index is 1.14. The summed E-state index contributed by atoms with van der Waals surface area (Å²) in [4.78, 5) is 57.1. The highest BCUT2D eigenvalue weighted by Crippen LogP contribution is 2.53. The Morgan fingerprint density at radius 2 is 1.04 bits per heavy atom. The highest BCUT2D eigenvalue weighted by Gasteiger charge is 2.63. The molecule has 0 spiro atoms. The Hall–Kier alpha value is -4.18. The fourth-order valence-corrected chi connectivity index (χ4v) is 9.31. The Morgan fingerprint density at radius 1 is 0.673 bits per heavy atom. The molecule has 2 saturated heterocycles. The minimum absolute atomic E-state index is 0.110. The van der Waals surface area contributed by atoms with Crippen molar-refractivity contribution in [2.45, 2.75) is 62.4 Å². The van der Waals surface area contributed by atoms with E-state index in [4.69, 9.17) is 32.7 Å². The molecule has 9 nitrogen and oxygen atoms in total. The van der Waals surface area contributed by atoms with E-state index in [-0.39, 0.29) is 23.7 Å². The molecule has 49 heavy (non-hydrogen) atoms. The van der Waals surface area contributed by atoms with Crippen molar-refractivity contribution >= 4 is 79.9 Å². The van der Waals surface area contributed by atoms with Gasteiger partial charge in [-0.25, -0.2) is 0 Å². The third-order valence-corrected chi connectivity index (χ3v) is 11.6. The summed E-state index contributed by atoms with van der Waals surface area (Å²) < 4.78 is 11.3. The molecule has 4 aliphatic rings. The van der Waals surface area contributed by atoms with Gasteiger partial charge in [0.15, 0.2) is 0 Å². The highest BCUT2D eigenvalue weighted by molar-refractivity contribution is 6.20. The number of ether oxygens (including phenoxy) is 2. The van der Waals surface area contributed by atoms with Crippen molar-refractivity contribution in [3.05, 3.63) is 71.8 Å². The molecule has 1 unspecified atom stereocenters. The number of amides is 2. The number of nitrogens with one attached hydrogen (secondary N) is 1. The van der Waals surface area contributed by atoms with Crippen molar-refractivity contribution in [1.29, 1.82) is 0 Å². The van der Waals surface area contributed by atoms with Crippen molar-refractivity contribution in [3.63, 3.8) is 0 Å². The lowest BCUT2D eigenvalue weighted by molar-refractivity contribution is -0.132. The molecule has 2 amide bonds. The number of esters is 2. The molecule has 4 aliphatic heterocycles. The molecule has 4 heterocycles. The Morgan fingerprint density at radius 3 is 1.39 bits per heavy atom. The number of nitrogens with zero attached hydrogens (tertiary/aromatic N) is 2. The average molecular weight is 701 g/mol. The van der Waals surface area contributed by atoms with E-state index in [0.717, 1.165) is 32.7 Å². The van der Waals surface area contributed by atoms with Gasteiger partial charge in [0.05, 0.1) is 22.5 Å². The second kappa shape index (κ2) is 11.7. The van der Waals surface area contributed by atoms with Gasteiger partial charge in [0, 0.05) is 73.4 Å². The van der Waals surface area contributed by atoms with E-state index in [9.17, 15) is 19.2 Å². The van der Waals surface area contributed by atoms with Crippen LogP contribution in [0.15, 0.2) is 60.7 Å². The lowest BCUT2D eigenvalue weighted by Crippen LogP contribution is -2.58. The summed E-state index contributed by atoms with van der Waals surface area (Å²) in [7, 11) is 0. The lowest BCUT2D eigenvalue weighted by atomic mass is 9.80. The normalized spacial score (nSPS) is 25.1. The van der Waals surface area contributed by atoms with Crippen molar-refractivity contribution in [3.8, 4) is 11.5 Å². The zero-order valence-corrected chi connectivity index (χ0v) is 28.7. The topological polar surface area (TPSA) is 105 Å². The summed E-state index contributed by atoms with van der Waals surface area (Å²) in [5.41, 5.74) is 1.40. The molecule has 0 radical (unpaired) electrons. The number of alkyl halides is 2. The first kappa shape index (κ1) is 32.0. The van der Waals surface area contributed by atoms with Gasteiger partial charge in [0.2, 0.25) is 11.8 Å². The van der Waals surface area contributed by atoms with Gasteiger partial charge in [-0.1, -0.05) is 48.5 Å². The number of hydrogen-bond acceptors (Lipinski definition) is 7. The molecule has 0 aliphatic carbocycles. The van der Waals surface area contributed by atoms with Crippen LogP contribution in [0, 0.1) is 0 Å². The van der Waals surface area contributed by atoms with Crippen molar-refractivity contribution in [2.75, 3.05) is 34.6 Å². The van der Waals surface area contributed by atoms with Crippen LogP contribution in [0.2, 0.25) is 0 Å². The van der Waals surface area contributed by atoms with Crippen molar-refractivity contribution < 1.29 is 28.7 Å². The van der Waals surface area contributed by atoms with Crippen molar-refractivity contribution in [1.82, 2.24) is 5.32 Å². The maximum Gasteiger partial charge on any atom is 0.308 e.